The fraction of sp³-hybridized carbons (Fsp3) is 0.474. The fourth-order valence-electron chi connectivity index (χ4n) is 3.17. The van der Waals surface area contributed by atoms with Gasteiger partial charge in [0.2, 0.25) is 16.9 Å². The van der Waals surface area contributed by atoms with Crippen LogP contribution >= 0.6 is 11.3 Å². The van der Waals surface area contributed by atoms with Crippen molar-refractivity contribution in [3.63, 3.8) is 0 Å². The molecule has 0 bridgehead atoms. The minimum absolute atomic E-state index is 0.0134. The normalized spacial score (nSPS) is 17.9. The smallest absolute Gasteiger partial charge is 0.231 e. The molecule has 2 aromatic rings. The Balaban J connectivity index is 1.51. The molecule has 0 spiro atoms. The number of anilines is 1. The molecule has 8 heteroatoms. The van der Waals surface area contributed by atoms with Gasteiger partial charge in [0.25, 0.3) is 0 Å². The van der Waals surface area contributed by atoms with E-state index in [2.05, 4.69) is 27.6 Å². The molecule has 1 fully saturated rings. The Labute approximate surface area is 162 Å². The molecule has 2 amide bonds. The maximum absolute atomic E-state index is 12.5. The number of likely N-dealkylation sites (tertiary alicyclic amines) is 1. The summed E-state index contributed by atoms with van der Waals surface area (Å²) in [4.78, 5) is 26.3. The van der Waals surface area contributed by atoms with Crippen LogP contribution in [-0.4, -0.2) is 53.2 Å². The van der Waals surface area contributed by atoms with Gasteiger partial charge in [-0.2, -0.15) is 0 Å². The van der Waals surface area contributed by atoms with E-state index in [1.165, 1.54) is 16.9 Å². The number of hydrogen-bond donors (Lipinski definition) is 1. The predicted molar refractivity (Wildman–Crippen MR) is 104 cm³/mol. The molecule has 2 atom stereocenters. The Morgan fingerprint density at radius 3 is 2.85 bits per heavy atom. The number of carbonyl (C=O) groups is 2. The fourth-order valence-corrected chi connectivity index (χ4v) is 3.92. The quantitative estimate of drug-likeness (QED) is 0.749. The van der Waals surface area contributed by atoms with Crippen LogP contribution in [0.5, 0.6) is 0 Å². The highest BCUT2D eigenvalue weighted by molar-refractivity contribution is 7.15. The van der Waals surface area contributed by atoms with Crippen LogP contribution in [0, 0.1) is 5.92 Å². The summed E-state index contributed by atoms with van der Waals surface area (Å²) in [6, 6.07) is 10.1. The van der Waals surface area contributed by atoms with Gasteiger partial charge < -0.3 is 15.0 Å². The first-order valence-electron chi connectivity index (χ1n) is 9.02. The Bertz CT molecular complexity index is 780. The summed E-state index contributed by atoms with van der Waals surface area (Å²) in [7, 11) is 1.60. The van der Waals surface area contributed by atoms with Crippen LogP contribution in [0.1, 0.15) is 23.9 Å². The van der Waals surface area contributed by atoms with E-state index in [9.17, 15) is 9.59 Å². The molecule has 1 aliphatic heterocycles. The maximum Gasteiger partial charge on any atom is 0.231 e. The van der Waals surface area contributed by atoms with Gasteiger partial charge in [0.15, 0.2) is 0 Å². The van der Waals surface area contributed by atoms with Crippen molar-refractivity contribution < 1.29 is 14.3 Å². The molecule has 0 radical (unpaired) electrons. The monoisotopic (exact) mass is 388 g/mol. The van der Waals surface area contributed by atoms with Crippen LogP contribution in [0.15, 0.2) is 30.3 Å². The van der Waals surface area contributed by atoms with Crippen molar-refractivity contribution in [3.05, 3.63) is 40.9 Å². The Morgan fingerprint density at radius 2 is 2.11 bits per heavy atom. The van der Waals surface area contributed by atoms with Gasteiger partial charge in [0.05, 0.1) is 18.6 Å². The lowest BCUT2D eigenvalue weighted by Gasteiger charge is -2.23. The number of nitrogens with one attached hydrogen (secondary N) is 1. The van der Waals surface area contributed by atoms with Crippen LogP contribution in [0.4, 0.5) is 5.13 Å². The lowest BCUT2D eigenvalue weighted by atomic mass is 10.1. The first kappa shape index (κ1) is 19.4. The summed E-state index contributed by atoms with van der Waals surface area (Å²) in [5.74, 6) is -0.560. The van der Waals surface area contributed by atoms with Crippen LogP contribution in [0.25, 0.3) is 0 Å². The molecular formula is C19H24N4O3S. The number of carbonyl (C=O) groups excluding carboxylic acids is 2. The summed E-state index contributed by atoms with van der Waals surface area (Å²) in [6.07, 6.45) is 1.88. The van der Waals surface area contributed by atoms with E-state index in [0.29, 0.717) is 18.3 Å². The molecule has 0 aliphatic carbocycles. The van der Waals surface area contributed by atoms with Crippen molar-refractivity contribution in [2.45, 2.75) is 32.2 Å². The van der Waals surface area contributed by atoms with E-state index in [0.717, 1.165) is 17.8 Å². The molecule has 1 aromatic heterocycles. The van der Waals surface area contributed by atoms with Gasteiger partial charge in [0, 0.05) is 26.5 Å². The van der Waals surface area contributed by atoms with Gasteiger partial charge >= 0.3 is 0 Å². The summed E-state index contributed by atoms with van der Waals surface area (Å²) >= 11 is 1.38. The summed E-state index contributed by atoms with van der Waals surface area (Å²) in [6.45, 7) is 2.79. The van der Waals surface area contributed by atoms with E-state index in [1.54, 1.807) is 12.0 Å². The highest BCUT2D eigenvalue weighted by atomic mass is 32.1. The minimum Gasteiger partial charge on any atom is -0.383 e. The molecule has 3 rings (SSSR count). The van der Waals surface area contributed by atoms with Gasteiger partial charge in [-0.25, -0.2) is 0 Å². The van der Waals surface area contributed by atoms with Crippen LogP contribution in [0.3, 0.4) is 0 Å². The largest absolute Gasteiger partial charge is 0.383 e. The number of methoxy groups -OCH3 is 1. The molecule has 1 aromatic carbocycles. The Kier molecular flexibility index (Phi) is 6.52. The van der Waals surface area contributed by atoms with Gasteiger partial charge in [-0.05, 0) is 18.9 Å². The third-order valence-corrected chi connectivity index (χ3v) is 5.53. The van der Waals surface area contributed by atoms with E-state index < -0.39 is 0 Å². The van der Waals surface area contributed by atoms with Gasteiger partial charge in [-0.15, -0.1) is 10.2 Å². The maximum atomic E-state index is 12.5. The number of aromatic nitrogens is 2. The molecule has 1 saturated heterocycles. The standard InChI is InChI=1S/C19H24N4O3S/c1-13(12-26-2)23-11-15(10-17(23)24)18(25)20-19-22-21-16(27-19)9-8-14-6-4-3-5-7-14/h3-7,13,15H,8-12H2,1-2H3,(H,20,22,25)/t13-,15-/m1/s1. The van der Waals surface area contributed by atoms with Crippen LogP contribution in [-0.2, 0) is 27.2 Å². The SMILES string of the molecule is COC[C@@H](C)N1C[C@H](C(=O)Nc2nnc(CCc3ccccc3)s2)CC1=O. The molecule has 0 saturated carbocycles. The van der Waals surface area contributed by atoms with Crippen LogP contribution in [0.2, 0.25) is 0 Å². The highest BCUT2D eigenvalue weighted by Gasteiger charge is 2.36. The molecule has 1 aliphatic rings. The first-order chi connectivity index (χ1) is 13.1. The molecule has 1 N–H and O–H groups in total. The molecular weight excluding hydrogens is 364 g/mol. The van der Waals surface area contributed by atoms with E-state index in [4.69, 9.17) is 4.74 Å². The topological polar surface area (TPSA) is 84.4 Å². The summed E-state index contributed by atoms with van der Waals surface area (Å²) < 4.78 is 5.10. The second-order valence-electron chi connectivity index (χ2n) is 6.73. The van der Waals surface area contributed by atoms with Crippen molar-refractivity contribution in [3.8, 4) is 0 Å². The number of ether oxygens (including phenoxy) is 1. The zero-order chi connectivity index (χ0) is 19.2. The zero-order valence-corrected chi connectivity index (χ0v) is 16.4. The number of amides is 2. The van der Waals surface area contributed by atoms with Gasteiger partial charge in [-0.1, -0.05) is 41.7 Å². The summed E-state index contributed by atoms with van der Waals surface area (Å²) in [5, 5.41) is 12.4. The number of hydrogen-bond acceptors (Lipinski definition) is 6. The van der Waals surface area contributed by atoms with E-state index >= 15 is 0 Å². The van der Waals surface area contributed by atoms with E-state index in [1.807, 2.05) is 25.1 Å². The second-order valence-corrected chi connectivity index (χ2v) is 7.79. The van der Waals surface area contributed by atoms with Crippen LogP contribution < -0.4 is 5.32 Å². The number of aryl methyl sites for hydroxylation is 2. The van der Waals surface area contributed by atoms with Crippen molar-refractivity contribution in [1.82, 2.24) is 15.1 Å². The van der Waals surface area contributed by atoms with Crippen molar-refractivity contribution in [1.29, 1.82) is 0 Å². The first-order valence-corrected chi connectivity index (χ1v) is 9.84. The molecule has 27 heavy (non-hydrogen) atoms. The lowest BCUT2D eigenvalue weighted by Crippen LogP contribution is -2.38. The third-order valence-electron chi connectivity index (χ3n) is 4.64. The third kappa shape index (κ3) is 5.11. The molecule has 7 nitrogen and oxygen atoms in total. The number of nitrogens with zero attached hydrogens (tertiary/aromatic N) is 3. The molecule has 0 unspecified atom stereocenters. The zero-order valence-electron chi connectivity index (χ0n) is 15.6. The second kappa shape index (κ2) is 9.05. The Morgan fingerprint density at radius 1 is 1.33 bits per heavy atom. The van der Waals surface area contributed by atoms with Gasteiger partial charge in [0.1, 0.15) is 5.01 Å². The molecule has 144 valence electrons. The number of rotatable bonds is 8. The average Bonchev–Trinajstić information content (AvgIpc) is 3.27. The van der Waals surface area contributed by atoms with Crippen molar-refractivity contribution in [2.75, 3.05) is 25.6 Å². The molecule has 2 heterocycles. The summed E-state index contributed by atoms with van der Waals surface area (Å²) in [5.41, 5.74) is 1.24. The predicted octanol–water partition coefficient (Wildman–Crippen LogP) is 2.15. The van der Waals surface area contributed by atoms with Gasteiger partial charge in [-0.3, -0.25) is 9.59 Å². The number of benzene rings is 1. The minimum atomic E-state index is -0.367. The van der Waals surface area contributed by atoms with Crippen molar-refractivity contribution in [2.24, 2.45) is 5.92 Å². The highest BCUT2D eigenvalue weighted by Crippen LogP contribution is 2.23. The lowest BCUT2D eigenvalue weighted by molar-refractivity contribution is -0.130. The van der Waals surface area contributed by atoms with E-state index in [-0.39, 0.29) is 30.2 Å². The average molecular weight is 388 g/mol. The Hall–Kier alpha value is -2.32. The van der Waals surface area contributed by atoms with Crippen molar-refractivity contribution >= 4 is 28.3 Å².